The molecule has 3 aromatic rings. The predicted octanol–water partition coefficient (Wildman–Crippen LogP) is 3.78. The van der Waals surface area contributed by atoms with Crippen molar-refractivity contribution in [2.24, 2.45) is 0 Å². The lowest BCUT2D eigenvalue weighted by atomic mass is 10.0. The van der Waals surface area contributed by atoms with Crippen molar-refractivity contribution in [1.82, 2.24) is 19.8 Å². The van der Waals surface area contributed by atoms with E-state index >= 15 is 4.39 Å². The second kappa shape index (κ2) is 13.6. The fourth-order valence-electron chi connectivity index (χ4n) is 6.46. The molecule has 0 radical (unpaired) electrons. The number of hydrogen-bond acceptors (Lipinski definition) is 10. The number of anilines is 3. The summed E-state index contributed by atoms with van der Waals surface area (Å²) in [5, 5.41) is 13.2. The van der Waals surface area contributed by atoms with Crippen molar-refractivity contribution in [3.05, 3.63) is 60.3 Å². The number of nitrogens with zero attached hydrogens (tertiary/aromatic N) is 6. The average molecular weight is 628 g/mol. The zero-order chi connectivity index (χ0) is 31.5. The van der Waals surface area contributed by atoms with Gasteiger partial charge in [-0.2, -0.15) is 5.26 Å². The van der Waals surface area contributed by atoms with Gasteiger partial charge >= 0.3 is 0 Å². The molecule has 12 heteroatoms. The summed E-state index contributed by atoms with van der Waals surface area (Å²) in [5.74, 6) is 1.21. The van der Waals surface area contributed by atoms with E-state index in [0.29, 0.717) is 55.0 Å². The number of nitrogens with one attached hydrogen (secondary N) is 1. The van der Waals surface area contributed by atoms with Gasteiger partial charge in [0.2, 0.25) is 0 Å². The largest absolute Gasteiger partial charge is 0.486 e. The highest BCUT2D eigenvalue weighted by Gasteiger charge is 2.37. The molecule has 0 saturated carbocycles. The van der Waals surface area contributed by atoms with Gasteiger partial charge in [-0.3, -0.25) is 9.69 Å². The third kappa shape index (κ3) is 6.63. The van der Waals surface area contributed by atoms with Crippen LogP contribution in [0.3, 0.4) is 0 Å². The highest BCUT2D eigenvalue weighted by Crippen LogP contribution is 2.30. The van der Waals surface area contributed by atoms with Gasteiger partial charge in [-0.15, -0.1) is 0 Å². The summed E-state index contributed by atoms with van der Waals surface area (Å²) in [7, 11) is 0. The third-order valence-corrected chi connectivity index (χ3v) is 9.25. The van der Waals surface area contributed by atoms with Gasteiger partial charge in [-0.25, -0.2) is 14.4 Å². The molecule has 4 aliphatic heterocycles. The molecule has 4 aliphatic rings. The van der Waals surface area contributed by atoms with E-state index < -0.39 is 18.4 Å². The summed E-state index contributed by atoms with van der Waals surface area (Å²) in [6.07, 6.45) is 0.922. The Morgan fingerprint density at radius 2 is 1.87 bits per heavy atom. The van der Waals surface area contributed by atoms with Crippen molar-refractivity contribution < 1.29 is 23.4 Å². The van der Waals surface area contributed by atoms with Crippen LogP contribution in [-0.2, 0) is 14.3 Å². The fraction of sp³-hybridized carbons (Fsp3) is 0.471. The van der Waals surface area contributed by atoms with Gasteiger partial charge in [0.05, 0.1) is 31.4 Å². The number of piperazine rings is 1. The number of rotatable bonds is 8. The highest BCUT2D eigenvalue weighted by molar-refractivity contribution is 5.81. The molecule has 240 valence electrons. The van der Waals surface area contributed by atoms with Crippen LogP contribution in [0.5, 0.6) is 5.75 Å². The van der Waals surface area contributed by atoms with Gasteiger partial charge in [0.1, 0.15) is 29.8 Å². The first-order valence-electron chi connectivity index (χ1n) is 16.1. The minimum atomic E-state index is -1.37. The molecule has 7 rings (SSSR count). The minimum absolute atomic E-state index is 0.0484. The Labute approximate surface area is 267 Å². The molecule has 0 bridgehead atoms. The van der Waals surface area contributed by atoms with Gasteiger partial charge in [0.15, 0.2) is 12.0 Å². The number of likely N-dealkylation sites (tertiary alicyclic amines) is 1. The number of carbonyl (C=O) groups excluding carboxylic acids is 1. The van der Waals surface area contributed by atoms with E-state index in [-0.39, 0.29) is 18.0 Å². The van der Waals surface area contributed by atoms with Gasteiger partial charge in [-0.05, 0) is 61.4 Å². The predicted molar refractivity (Wildman–Crippen MR) is 170 cm³/mol. The molecule has 0 aliphatic carbocycles. The van der Waals surface area contributed by atoms with Crippen LogP contribution in [0, 0.1) is 11.3 Å². The Morgan fingerprint density at radius 3 is 2.57 bits per heavy atom. The first-order chi connectivity index (χ1) is 22.5. The van der Waals surface area contributed by atoms with Crippen LogP contribution in [0.25, 0.3) is 11.4 Å². The first-order valence-corrected chi connectivity index (χ1v) is 16.1. The first kappa shape index (κ1) is 30.3. The Morgan fingerprint density at radius 1 is 1.04 bits per heavy atom. The van der Waals surface area contributed by atoms with E-state index in [0.717, 1.165) is 51.5 Å². The molecular formula is C34H38FN7O4. The summed E-state index contributed by atoms with van der Waals surface area (Å²) in [4.78, 5) is 28.2. The van der Waals surface area contributed by atoms with E-state index in [1.54, 1.807) is 30.5 Å². The topological polar surface area (TPSA) is 116 Å². The average Bonchev–Trinajstić information content (AvgIpc) is 3.61. The number of nitriles is 1. The number of aromatic nitrogens is 2. The number of halogens is 1. The Hall–Kier alpha value is -4.31. The number of carbonyl (C=O) groups is 1. The number of benzene rings is 2. The van der Waals surface area contributed by atoms with Crippen molar-refractivity contribution in [1.29, 1.82) is 5.26 Å². The quantitative estimate of drug-likeness (QED) is 0.396. The third-order valence-electron chi connectivity index (χ3n) is 9.25. The SMILES string of the molecule is N#Cc1cc(-c2nccc(Nc3ccc(N4CCN(C5COC5)CC4)cc3)n2)ccc1O[C@H]1CCN(C(=O)[C@@H]2CCCO2)C[C@H]1F. The standard InChI is InChI=1S/C34H38FN7O4/c35-28-20-42(34(43)31-2-1-17-45-31)12-10-30(28)46-29-8-3-23(18-24(29)19-36)33-37-11-9-32(39-33)38-25-4-6-26(7-5-25)40-13-15-41(16-14-40)27-21-44-22-27/h3-9,11,18,27-28,30-31H,1-2,10,12-17,20-22H2,(H,37,38,39)/t28-,30+,31+/m1/s1. The van der Waals surface area contributed by atoms with E-state index in [1.807, 2.05) is 12.1 Å². The van der Waals surface area contributed by atoms with Crippen molar-refractivity contribution >= 4 is 23.1 Å². The van der Waals surface area contributed by atoms with E-state index in [1.165, 1.54) is 10.6 Å². The molecule has 0 spiro atoms. The molecule has 11 nitrogen and oxygen atoms in total. The molecule has 2 aromatic carbocycles. The number of amides is 1. The summed E-state index contributed by atoms with van der Waals surface area (Å²) < 4.78 is 31.9. The van der Waals surface area contributed by atoms with E-state index in [4.69, 9.17) is 14.2 Å². The number of alkyl halides is 1. The van der Waals surface area contributed by atoms with Crippen LogP contribution in [0.4, 0.5) is 21.6 Å². The van der Waals surface area contributed by atoms with Crippen molar-refractivity contribution in [3.63, 3.8) is 0 Å². The molecule has 3 atom stereocenters. The lowest BCUT2D eigenvalue weighted by Crippen LogP contribution is -2.56. The molecule has 5 heterocycles. The van der Waals surface area contributed by atoms with Crippen molar-refractivity contribution in [2.75, 3.05) is 69.3 Å². The summed E-state index contributed by atoms with van der Waals surface area (Å²) in [6.45, 7) is 6.70. The Bertz CT molecular complexity index is 1570. The maximum atomic E-state index is 15.1. The van der Waals surface area contributed by atoms with Gasteiger partial charge in [0.25, 0.3) is 5.91 Å². The van der Waals surface area contributed by atoms with E-state index in [9.17, 15) is 10.1 Å². The molecule has 1 N–H and O–H groups in total. The number of piperidine rings is 1. The molecule has 4 saturated heterocycles. The molecule has 46 heavy (non-hydrogen) atoms. The molecule has 1 amide bonds. The fourth-order valence-corrected chi connectivity index (χ4v) is 6.46. The molecule has 0 unspecified atom stereocenters. The highest BCUT2D eigenvalue weighted by atomic mass is 19.1. The van der Waals surface area contributed by atoms with Gasteiger partial charge < -0.3 is 29.3 Å². The number of ether oxygens (including phenoxy) is 3. The second-order valence-corrected chi connectivity index (χ2v) is 12.2. The summed E-state index contributed by atoms with van der Waals surface area (Å²) >= 11 is 0. The molecule has 4 fully saturated rings. The maximum Gasteiger partial charge on any atom is 0.251 e. The zero-order valence-electron chi connectivity index (χ0n) is 25.7. The zero-order valence-corrected chi connectivity index (χ0v) is 25.7. The van der Waals surface area contributed by atoms with Crippen molar-refractivity contribution in [2.45, 2.75) is 43.7 Å². The second-order valence-electron chi connectivity index (χ2n) is 12.2. The van der Waals surface area contributed by atoms with E-state index in [2.05, 4.69) is 43.3 Å². The van der Waals surface area contributed by atoms with Crippen molar-refractivity contribution in [3.8, 4) is 23.2 Å². The van der Waals surface area contributed by atoms with Crippen LogP contribution in [0.2, 0.25) is 0 Å². The summed E-state index contributed by atoms with van der Waals surface area (Å²) in [5.41, 5.74) is 3.01. The van der Waals surface area contributed by atoms with Gasteiger partial charge in [-0.1, -0.05) is 0 Å². The maximum absolute atomic E-state index is 15.1. The monoisotopic (exact) mass is 627 g/mol. The normalized spacial score (nSPS) is 23.9. The lowest BCUT2D eigenvalue weighted by Gasteiger charge is -2.43. The smallest absolute Gasteiger partial charge is 0.251 e. The molecule has 1 aromatic heterocycles. The van der Waals surface area contributed by atoms with Crippen LogP contribution >= 0.6 is 0 Å². The molecular weight excluding hydrogens is 589 g/mol. The van der Waals surface area contributed by atoms with Crippen LogP contribution < -0.4 is 15.0 Å². The summed E-state index contributed by atoms with van der Waals surface area (Å²) in [6, 6.07) is 18.0. The minimum Gasteiger partial charge on any atom is -0.486 e. The lowest BCUT2D eigenvalue weighted by molar-refractivity contribution is -0.144. The Kier molecular flexibility index (Phi) is 8.96. The van der Waals surface area contributed by atoms with Crippen LogP contribution in [-0.4, -0.2) is 109 Å². The van der Waals surface area contributed by atoms with Gasteiger partial charge in [0, 0.05) is 68.9 Å². The van der Waals surface area contributed by atoms with Crippen LogP contribution in [0.15, 0.2) is 54.7 Å². The van der Waals surface area contributed by atoms with Crippen LogP contribution in [0.1, 0.15) is 24.8 Å². The number of hydrogen-bond donors (Lipinski definition) is 1. The Balaban J connectivity index is 0.960.